The average molecular weight is 235 g/mol. The quantitative estimate of drug-likeness (QED) is 0.871. The summed E-state index contributed by atoms with van der Waals surface area (Å²) in [4.78, 5) is 4.34. The molecule has 3 rings (SSSR count). The third-order valence-corrected chi connectivity index (χ3v) is 4.20. The molecule has 2 heterocycles. The maximum Gasteiger partial charge on any atom is 0.0951 e. The van der Waals surface area contributed by atoms with Crippen molar-refractivity contribution in [1.82, 2.24) is 14.9 Å². The summed E-state index contributed by atoms with van der Waals surface area (Å²) in [6, 6.07) is 1.10. The molecular weight excluding hydrogens is 214 g/mol. The molecule has 1 saturated heterocycles. The van der Waals surface area contributed by atoms with Crippen LogP contribution in [0.5, 0.6) is 0 Å². The molecule has 0 aromatic carbocycles. The van der Waals surface area contributed by atoms with Gasteiger partial charge < -0.3 is 14.6 Å². The lowest BCUT2D eigenvalue weighted by Crippen LogP contribution is -2.19. The maximum absolute atomic E-state index is 5.46. The molecule has 1 aliphatic heterocycles. The molecule has 4 heteroatoms. The Morgan fingerprint density at radius 2 is 2.35 bits per heavy atom. The maximum atomic E-state index is 5.46. The molecule has 4 nitrogen and oxygen atoms in total. The molecule has 3 atom stereocenters. The lowest BCUT2D eigenvalue weighted by molar-refractivity contribution is 0.105. The molecule has 1 saturated carbocycles. The van der Waals surface area contributed by atoms with Crippen LogP contribution in [0.25, 0.3) is 0 Å². The molecular formula is C13H21N3O. The van der Waals surface area contributed by atoms with E-state index in [4.69, 9.17) is 4.74 Å². The second-order valence-corrected chi connectivity index (χ2v) is 5.20. The number of imidazole rings is 1. The number of nitrogens with one attached hydrogen (secondary N) is 1. The van der Waals surface area contributed by atoms with E-state index in [-0.39, 0.29) is 0 Å². The minimum absolute atomic E-state index is 0.437. The molecule has 1 aliphatic carbocycles. The zero-order valence-electron chi connectivity index (χ0n) is 10.4. The van der Waals surface area contributed by atoms with Gasteiger partial charge in [-0.25, -0.2) is 4.98 Å². The van der Waals surface area contributed by atoms with Crippen LogP contribution < -0.4 is 5.32 Å². The fourth-order valence-corrected chi connectivity index (χ4v) is 3.21. The standard InChI is InChI=1S/C13H21N3O/c1-17-11-5-4-10(7-11)16-9-14-8-13(16)12-3-2-6-15-12/h8-12,15H,2-7H2,1H3/t10?,11?,12-/m0/s1. The number of ether oxygens (including phenoxy) is 1. The second kappa shape index (κ2) is 4.78. The van der Waals surface area contributed by atoms with E-state index in [2.05, 4.69) is 14.9 Å². The van der Waals surface area contributed by atoms with Crippen LogP contribution in [0.15, 0.2) is 12.5 Å². The van der Waals surface area contributed by atoms with Crippen LogP contribution in [0, 0.1) is 0 Å². The number of hydrogen-bond acceptors (Lipinski definition) is 3. The first-order chi connectivity index (χ1) is 8.38. The van der Waals surface area contributed by atoms with Gasteiger partial charge in [0.15, 0.2) is 0 Å². The zero-order valence-corrected chi connectivity index (χ0v) is 10.4. The Morgan fingerprint density at radius 3 is 3.06 bits per heavy atom. The monoisotopic (exact) mass is 235 g/mol. The van der Waals surface area contributed by atoms with Crippen molar-refractivity contribution in [3.05, 3.63) is 18.2 Å². The summed E-state index contributed by atoms with van der Waals surface area (Å²) in [6.07, 6.45) is 10.5. The van der Waals surface area contributed by atoms with Crippen LogP contribution in [0.4, 0.5) is 0 Å². The van der Waals surface area contributed by atoms with Crippen LogP contribution in [0.1, 0.15) is 49.9 Å². The van der Waals surface area contributed by atoms with E-state index in [9.17, 15) is 0 Å². The lowest BCUT2D eigenvalue weighted by atomic mass is 10.1. The van der Waals surface area contributed by atoms with Crippen LogP contribution in [0.3, 0.4) is 0 Å². The number of rotatable bonds is 3. The predicted octanol–water partition coefficient (Wildman–Crippen LogP) is 2.05. The van der Waals surface area contributed by atoms with Crippen molar-refractivity contribution in [3.63, 3.8) is 0 Å². The Morgan fingerprint density at radius 1 is 1.41 bits per heavy atom. The van der Waals surface area contributed by atoms with Gasteiger partial charge in [0.05, 0.1) is 18.1 Å². The van der Waals surface area contributed by atoms with E-state index in [0.717, 1.165) is 13.0 Å². The van der Waals surface area contributed by atoms with Gasteiger partial charge in [-0.05, 0) is 38.6 Å². The van der Waals surface area contributed by atoms with Gasteiger partial charge in [0, 0.05) is 25.4 Å². The van der Waals surface area contributed by atoms with Gasteiger partial charge in [-0.1, -0.05) is 0 Å². The van der Waals surface area contributed by atoms with Gasteiger partial charge in [-0.15, -0.1) is 0 Å². The van der Waals surface area contributed by atoms with E-state index in [0.29, 0.717) is 18.2 Å². The third-order valence-electron chi connectivity index (χ3n) is 4.20. The molecule has 2 fully saturated rings. The highest BCUT2D eigenvalue weighted by atomic mass is 16.5. The summed E-state index contributed by atoms with van der Waals surface area (Å²) in [5.41, 5.74) is 1.37. The van der Waals surface area contributed by atoms with Gasteiger partial charge in [-0.2, -0.15) is 0 Å². The van der Waals surface area contributed by atoms with Crippen LogP contribution in [-0.4, -0.2) is 29.3 Å². The minimum atomic E-state index is 0.437. The Labute approximate surface area is 102 Å². The van der Waals surface area contributed by atoms with Crippen molar-refractivity contribution in [2.45, 2.75) is 50.3 Å². The normalized spacial score (nSPS) is 33.4. The number of methoxy groups -OCH3 is 1. The Bertz CT molecular complexity index is 370. The van der Waals surface area contributed by atoms with E-state index < -0.39 is 0 Å². The van der Waals surface area contributed by atoms with Gasteiger partial charge in [0.25, 0.3) is 0 Å². The molecule has 94 valence electrons. The summed E-state index contributed by atoms with van der Waals surface area (Å²) in [5, 5.41) is 3.56. The largest absolute Gasteiger partial charge is 0.381 e. The van der Waals surface area contributed by atoms with Crippen LogP contribution in [-0.2, 0) is 4.74 Å². The molecule has 0 radical (unpaired) electrons. The molecule has 2 aliphatic rings. The summed E-state index contributed by atoms with van der Waals surface area (Å²) in [5.74, 6) is 0. The van der Waals surface area contributed by atoms with Gasteiger partial charge in [-0.3, -0.25) is 0 Å². The summed E-state index contributed by atoms with van der Waals surface area (Å²) >= 11 is 0. The van der Waals surface area contributed by atoms with Crippen molar-refractivity contribution in [2.75, 3.05) is 13.7 Å². The topological polar surface area (TPSA) is 39.1 Å². The molecule has 1 N–H and O–H groups in total. The van der Waals surface area contributed by atoms with Crippen molar-refractivity contribution < 1.29 is 4.74 Å². The average Bonchev–Trinajstić information content (AvgIpc) is 3.09. The van der Waals surface area contributed by atoms with Crippen molar-refractivity contribution >= 4 is 0 Å². The van der Waals surface area contributed by atoms with Gasteiger partial charge >= 0.3 is 0 Å². The molecule has 0 bridgehead atoms. The van der Waals surface area contributed by atoms with Crippen LogP contribution in [0.2, 0.25) is 0 Å². The van der Waals surface area contributed by atoms with Gasteiger partial charge in [0.2, 0.25) is 0 Å². The fraction of sp³-hybridized carbons (Fsp3) is 0.769. The first-order valence-electron chi connectivity index (χ1n) is 6.66. The molecule has 1 aromatic rings. The first-order valence-corrected chi connectivity index (χ1v) is 6.66. The molecule has 1 aromatic heterocycles. The van der Waals surface area contributed by atoms with Crippen molar-refractivity contribution in [3.8, 4) is 0 Å². The van der Waals surface area contributed by atoms with Crippen molar-refractivity contribution in [2.24, 2.45) is 0 Å². The number of nitrogens with zero attached hydrogens (tertiary/aromatic N) is 2. The lowest BCUT2D eigenvalue weighted by Gasteiger charge is -2.19. The Balaban J connectivity index is 1.77. The molecule has 0 amide bonds. The highest BCUT2D eigenvalue weighted by molar-refractivity contribution is 5.09. The number of aromatic nitrogens is 2. The van der Waals surface area contributed by atoms with Gasteiger partial charge in [0.1, 0.15) is 0 Å². The minimum Gasteiger partial charge on any atom is -0.381 e. The Hall–Kier alpha value is -0.870. The highest BCUT2D eigenvalue weighted by Gasteiger charge is 2.29. The number of hydrogen-bond donors (Lipinski definition) is 1. The summed E-state index contributed by atoms with van der Waals surface area (Å²) in [6.45, 7) is 1.14. The third kappa shape index (κ3) is 2.11. The van der Waals surface area contributed by atoms with Crippen LogP contribution >= 0.6 is 0 Å². The molecule has 0 spiro atoms. The van der Waals surface area contributed by atoms with E-state index in [1.165, 1.54) is 31.4 Å². The predicted molar refractivity (Wildman–Crippen MR) is 65.9 cm³/mol. The highest BCUT2D eigenvalue weighted by Crippen LogP contribution is 2.34. The molecule has 17 heavy (non-hydrogen) atoms. The van der Waals surface area contributed by atoms with E-state index in [1.807, 2.05) is 19.6 Å². The summed E-state index contributed by atoms with van der Waals surface area (Å²) < 4.78 is 7.83. The van der Waals surface area contributed by atoms with E-state index in [1.54, 1.807) is 0 Å². The summed E-state index contributed by atoms with van der Waals surface area (Å²) in [7, 11) is 1.82. The first kappa shape index (κ1) is 11.2. The SMILES string of the molecule is COC1CCC(n2cncc2[C@@H]2CCCN2)C1. The molecule has 2 unspecified atom stereocenters. The van der Waals surface area contributed by atoms with Crippen molar-refractivity contribution in [1.29, 1.82) is 0 Å². The second-order valence-electron chi connectivity index (χ2n) is 5.20. The fourth-order valence-electron chi connectivity index (χ4n) is 3.21. The Kier molecular flexibility index (Phi) is 3.16. The van der Waals surface area contributed by atoms with E-state index >= 15 is 0 Å². The zero-order chi connectivity index (χ0) is 11.7. The smallest absolute Gasteiger partial charge is 0.0951 e.